The Morgan fingerprint density at radius 1 is 0.450 bits per heavy atom. The van der Waals surface area contributed by atoms with E-state index in [0.717, 1.165) is 106 Å². The van der Waals surface area contributed by atoms with Crippen LogP contribution in [0.3, 0.4) is 0 Å². The smallest absolute Gasteiger partial charge is 0.461 e. The van der Waals surface area contributed by atoms with Crippen LogP contribution in [-0.2, 0) is 18.8 Å². The Morgan fingerprint density at radius 2 is 0.825 bits per heavy atom. The fourth-order valence-electron chi connectivity index (χ4n) is 12.7. The van der Waals surface area contributed by atoms with Gasteiger partial charge in [0, 0.05) is 65.4 Å². The van der Waals surface area contributed by atoms with Crippen molar-refractivity contribution in [3.05, 3.63) is 368 Å². The lowest BCUT2D eigenvalue weighted by Crippen LogP contribution is -2.41. The van der Waals surface area contributed by atoms with Crippen LogP contribution in [0.25, 0.3) is 77.3 Å². The molecule has 8 heterocycles. The molecule has 24 heteroatoms. The molecule has 14 aromatic rings. The van der Waals surface area contributed by atoms with E-state index < -0.39 is 30.3 Å². The summed E-state index contributed by atoms with van der Waals surface area (Å²) < 4.78 is 29.3. The third-order valence-corrected chi connectivity index (χ3v) is 22.8. The molecule has 4 aliphatic heterocycles. The van der Waals surface area contributed by atoms with E-state index in [4.69, 9.17) is 34.3 Å². The van der Waals surface area contributed by atoms with Gasteiger partial charge in [-0.3, -0.25) is 25.4 Å². The lowest BCUT2D eigenvalue weighted by atomic mass is 9.78. The summed E-state index contributed by atoms with van der Waals surface area (Å²) in [5, 5.41) is 31.0. The molecule has 18 nitrogen and oxygen atoms in total. The van der Waals surface area contributed by atoms with E-state index in [2.05, 4.69) is 266 Å². The Labute approximate surface area is 731 Å². The highest BCUT2D eigenvalue weighted by Crippen LogP contribution is 2.39. The third kappa shape index (κ3) is 22.4. The molecule has 0 atom stereocenters. The van der Waals surface area contributed by atoms with E-state index in [1.807, 2.05) is 125 Å². The van der Waals surface area contributed by atoms with Crippen molar-refractivity contribution in [2.45, 2.75) is 52.7 Å². The quantitative estimate of drug-likeness (QED) is 0.0494. The van der Waals surface area contributed by atoms with Gasteiger partial charge < -0.3 is 18.8 Å². The predicted octanol–water partition coefficient (Wildman–Crippen LogP) is 23.0. The Balaban J connectivity index is 0.000000132. The summed E-state index contributed by atoms with van der Waals surface area (Å²) in [5.74, 6) is -0.874. The molecule has 0 saturated carbocycles. The fourth-order valence-corrected chi connectivity index (χ4v) is 15.5. The van der Waals surface area contributed by atoms with Gasteiger partial charge in [0.25, 0.3) is 0 Å². The van der Waals surface area contributed by atoms with Crippen LogP contribution in [0.15, 0.2) is 355 Å². The monoisotopic (exact) mass is 1820 g/mol. The molecule has 10 aromatic carbocycles. The summed E-state index contributed by atoms with van der Waals surface area (Å²) in [6.07, 6.45) is 14.1. The number of hydrogen-bond donors (Lipinski definition) is 2. The number of nitrogens with zero attached hydrogens (tertiary/aromatic N) is 10. The van der Waals surface area contributed by atoms with E-state index in [1.165, 1.54) is 56.1 Å². The maximum Gasteiger partial charge on any atom is 0.498 e. The van der Waals surface area contributed by atoms with E-state index in [9.17, 15) is 9.59 Å². The van der Waals surface area contributed by atoms with Crippen molar-refractivity contribution < 1.29 is 38.8 Å². The number of para-hydroxylation sites is 1. The van der Waals surface area contributed by atoms with Gasteiger partial charge in [-0.2, -0.15) is 10.2 Å². The Morgan fingerprint density at radius 3 is 1.23 bits per heavy atom. The number of aromatic nitrogens is 6. The van der Waals surface area contributed by atoms with Gasteiger partial charge in [-0.25, -0.2) is 28.9 Å². The molecule has 120 heavy (non-hydrogen) atoms. The molecular weight excluding hydrogens is 1740 g/mol. The molecule has 4 aliphatic rings. The summed E-state index contributed by atoms with van der Waals surface area (Å²) in [7, 11) is -0.608. The number of carbonyl (C=O) groups is 2. The molecule has 0 amide bonds. The van der Waals surface area contributed by atoms with E-state index in [1.54, 1.807) is 64.3 Å². The van der Waals surface area contributed by atoms with Crippen molar-refractivity contribution in [2.75, 3.05) is 38.1 Å². The standard InChI is InChI=1S/C27H28BN3O4S.C21H16BrN3O2S.C16H12BrN.C16H13N.C10H8BrN.C6H7NO2/c1-6-33-24(32)22-17-36-25(29-22)31-16-21(28-34-26(2,3)27(4,5)35-28)23(30-31)20-14-10-13-19(15-20)18-11-8-7-9-12-18;1-2-27-20(26)18-13-28-21(23-18)25-12-17(22)19(24-25)16-10-6-9-15(11-16)14-7-4-3-5-8-14;17-15-9-10-18-16(15)14-8-4-7-13(11-14)12-5-2-1-3-6-12;1-2-6-13(7-3-1)14-8-4-9-15(12-14)16-10-5-11-17-16;11-9-4-1-3-8(7-9)10-5-2-6-12-10;8-7(9)6-4-2-1-3-5-6/h7-17H,6H2,1-5H3;3-13H,2H2,1H3;1-9,11H,10H2;1-10,12H,11H2;1-5,7H,6H2;1-5,8-9H. The van der Waals surface area contributed by atoms with Crippen LogP contribution in [0.4, 0.5) is 5.69 Å². The summed E-state index contributed by atoms with van der Waals surface area (Å²) in [6, 6.07) is 91.4. The lowest BCUT2D eigenvalue weighted by Gasteiger charge is -2.32. The van der Waals surface area contributed by atoms with Crippen LogP contribution in [0.2, 0.25) is 0 Å². The maximum atomic E-state index is 12.2. The first-order valence-corrected chi connectivity index (χ1v) is 42.8. The van der Waals surface area contributed by atoms with Crippen molar-refractivity contribution >= 4 is 118 Å². The number of benzene rings is 10. The van der Waals surface area contributed by atoms with Crippen LogP contribution in [-0.4, -0.2) is 120 Å². The number of hydrogen-bond acceptors (Lipinski definition) is 18. The van der Waals surface area contributed by atoms with Crippen molar-refractivity contribution in [1.29, 1.82) is 0 Å². The Kier molecular flexibility index (Phi) is 29.6. The number of rotatable bonds is 17. The lowest BCUT2D eigenvalue weighted by molar-refractivity contribution is 0.00578. The zero-order chi connectivity index (χ0) is 84.0. The first-order chi connectivity index (χ1) is 58.3. The summed E-state index contributed by atoms with van der Waals surface area (Å²) >= 11 is 13.2. The van der Waals surface area contributed by atoms with Gasteiger partial charge in [-0.1, -0.05) is 253 Å². The molecule has 0 bridgehead atoms. The van der Waals surface area contributed by atoms with Crippen LogP contribution >= 0.6 is 70.5 Å². The van der Waals surface area contributed by atoms with Crippen LogP contribution < -0.4 is 10.7 Å². The zero-order valence-corrected chi connectivity index (χ0v) is 72.9. The highest BCUT2D eigenvalue weighted by molar-refractivity contribution is 9.12. The number of aliphatic imine (C=N–C) groups is 3. The number of anilines is 1. The molecular formula is C96H84BBr3N10O8S2. The normalized spacial score (nSPS) is 13.7. The molecule has 0 aliphatic carbocycles. The Hall–Kier alpha value is -11.8. The third-order valence-electron chi connectivity index (χ3n) is 19.4. The molecule has 4 aromatic heterocycles. The van der Waals surface area contributed by atoms with Gasteiger partial charge in [-0.15, -0.1) is 27.9 Å². The fraction of sp³-hybridized carbons (Fsp3) is 0.135. The first-order valence-electron chi connectivity index (χ1n) is 38.7. The van der Waals surface area contributed by atoms with Crippen LogP contribution in [0.1, 0.15) is 79.2 Å². The van der Waals surface area contributed by atoms with E-state index in [-0.39, 0.29) is 10.9 Å². The average molecular weight is 1820 g/mol. The minimum Gasteiger partial charge on any atom is -0.461 e. The topological polar surface area (TPSA) is 213 Å². The van der Waals surface area contributed by atoms with Gasteiger partial charge in [0.2, 0.25) is 10.3 Å². The second kappa shape index (κ2) is 41.2. The highest BCUT2D eigenvalue weighted by Gasteiger charge is 2.53. The van der Waals surface area contributed by atoms with Gasteiger partial charge in [0.1, 0.15) is 5.69 Å². The van der Waals surface area contributed by atoms with Gasteiger partial charge in [0.05, 0.1) is 77.0 Å². The minimum atomic E-state index is -0.608. The van der Waals surface area contributed by atoms with E-state index >= 15 is 0 Å². The van der Waals surface area contributed by atoms with Gasteiger partial charge >= 0.3 is 19.1 Å². The van der Waals surface area contributed by atoms with Crippen molar-refractivity contribution in [1.82, 2.24) is 29.5 Å². The van der Waals surface area contributed by atoms with Gasteiger partial charge in [-0.05, 0) is 185 Å². The minimum absolute atomic E-state index is 0.0833. The Bertz CT molecular complexity index is 6020. The molecule has 18 rings (SSSR count). The van der Waals surface area contributed by atoms with Crippen LogP contribution in [0.5, 0.6) is 0 Å². The molecule has 602 valence electrons. The SMILES string of the molecule is BrC1=CCN=C1c1cccc(-c2ccccc2)c1.Brc1cccc(C2=NCC=C2)c1.C1=CC(c2cccc(-c3ccccc3)c2)=NC1.CCOC(=O)c1csc(-n2cc(B3OC(C)(C)C(C)(C)O3)c(-c3cccc(-c4ccccc4)c3)n2)n1.CCOC(=O)c1csc(-n2cc(Br)c(-c3cccc(-c4ccccc4)c3)n2)n1.ON(O)c1ccccc1. The van der Waals surface area contributed by atoms with Crippen molar-refractivity contribution in [3.8, 4) is 77.3 Å². The van der Waals surface area contributed by atoms with Gasteiger partial charge in [0.15, 0.2) is 11.4 Å². The first kappa shape index (κ1) is 86.1. The van der Waals surface area contributed by atoms with Crippen LogP contribution in [0, 0.1) is 0 Å². The number of ether oxygens (including phenoxy) is 2. The largest absolute Gasteiger partial charge is 0.498 e. The maximum absolute atomic E-state index is 12.2. The highest BCUT2D eigenvalue weighted by atomic mass is 79.9. The molecule has 0 radical (unpaired) electrons. The number of esters is 2. The predicted molar refractivity (Wildman–Crippen MR) is 495 cm³/mol. The molecule has 1 saturated heterocycles. The molecule has 0 unspecified atom stereocenters. The summed E-state index contributed by atoms with van der Waals surface area (Å²) in [5.41, 5.74) is 20.4. The van der Waals surface area contributed by atoms with Crippen molar-refractivity contribution in [2.24, 2.45) is 15.0 Å². The molecule has 0 spiro atoms. The molecule has 2 N–H and O–H groups in total. The zero-order valence-electron chi connectivity index (χ0n) is 66.6. The number of thiazole rings is 2. The second-order valence-electron chi connectivity index (χ2n) is 28.1. The second-order valence-corrected chi connectivity index (χ2v) is 32.4. The summed E-state index contributed by atoms with van der Waals surface area (Å²) in [4.78, 5) is 46.1. The number of carbonyl (C=O) groups excluding carboxylic acids is 2. The number of halogens is 3. The number of allylic oxidation sites excluding steroid dienone is 3. The average Bonchev–Trinajstić information content (AvgIpc) is 1.59. The van der Waals surface area contributed by atoms with Crippen molar-refractivity contribution in [3.63, 3.8) is 0 Å². The summed E-state index contributed by atoms with van der Waals surface area (Å²) in [6.45, 7) is 14.7. The molecule has 1 fully saturated rings. The van der Waals surface area contributed by atoms with E-state index in [0.29, 0.717) is 34.9 Å².